The molecule has 0 bridgehead atoms. The van der Waals surface area contributed by atoms with Gasteiger partial charge in [0.05, 0.1) is 22.4 Å². The summed E-state index contributed by atoms with van der Waals surface area (Å²) >= 11 is 0. The number of anilines is 1. The van der Waals surface area contributed by atoms with Gasteiger partial charge in [-0.2, -0.15) is 5.26 Å². The average molecular weight is 340 g/mol. The van der Waals surface area contributed by atoms with Crippen LogP contribution in [0.5, 0.6) is 0 Å². The monoisotopic (exact) mass is 340 g/mol. The summed E-state index contributed by atoms with van der Waals surface area (Å²) in [5.41, 5.74) is 8.72. The molecule has 0 amide bonds. The third-order valence-corrected chi connectivity index (χ3v) is 4.37. The molecule has 5 nitrogen and oxygen atoms in total. The highest BCUT2D eigenvalue weighted by atomic mass is 16.6. The fourth-order valence-electron chi connectivity index (χ4n) is 3.27. The Morgan fingerprint density at radius 3 is 1.77 bits per heavy atom. The van der Waals surface area contributed by atoms with Gasteiger partial charge in [-0.15, -0.1) is 0 Å². The lowest BCUT2D eigenvalue weighted by Gasteiger charge is -2.17. The summed E-state index contributed by atoms with van der Waals surface area (Å²) < 4.78 is 4.80. The fraction of sp³-hybridized carbons (Fsp3) is 0. The van der Waals surface area contributed by atoms with Gasteiger partial charge in [-0.05, 0) is 11.1 Å². The zero-order valence-electron chi connectivity index (χ0n) is 13.5. The number of esters is 2. The van der Waals surface area contributed by atoms with Crippen LogP contribution < -0.4 is 5.73 Å². The minimum absolute atomic E-state index is 0.0307. The summed E-state index contributed by atoms with van der Waals surface area (Å²) in [6.45, 7) is 0. The predicted molar refractivity (Wildman–Crippen MR) is 96.2 cm³/mol. The van der Waals surface area contributed by atoms with Crippen LogP contribution in [0.15, 0.2) is 60.7 Å². The fourth-order valence-corrected chi connectivity index (χ4v) is 3.27. The second-order valence-electron chi connectivity index (χ2n) is 5.81. The Kier molecular flexibility index (Phi) is 3.52. The molecule has 0 saturated heterocycles. The van der Waals surface area contributed by atoms with Gasteiger partial charge in [0.1, 0.15) is 6.07 Å². The van der Waals surface area contributed by atoms with Gasteiger partial charge in [0.2, 0.25) is 0 Å². The number of hydrogen-bond acceptors (Lipinski definition) is 5. The Balaban J connectivity index is 2.23. The Morgan fingerprint density at radius 2 is 1.23 bits per heavy atom. The minimum atomic E-state index is -0.823. The molecule has 0 atom stereocenters. The second kappa shape index (κ2) is 5.87. The van der Waals surface area contributed by atoms with E-state index in [2.05, 4.69) is 6.07 Å². The molecule has 2 N–H and O–H groups in total. The van der Waals surface area contributed by atoms with Crippen molar-refractivity contribution in [3.8, 4) is 28.3 Å². The van der Waals surface area contributed by atoms with Crippen molar-refractivity contribution in [3.05, 3.63) is 77.4 Å². The highest BCUT2D eigenvalue weighted by Gasteiger charge is 2.38. The highest BCUT2D eigenvalue weighted by molar-refractivity contribution is 6.23. The number of carbonyl (C=O) groups excluding carboxylic acids is 2. The smallest absolute Gasteiger partial charge is 0.349 e. The maximum absolute atomic E-state index is 12.4. The van der Waals surface area contributed by atoms with E-state index in [1.54, 1.807) is 0 Å². The van der Waals surface area contributed by atoms with E-state index in [0.29, 0.717) is 16.7 Å². The normalized spacial score (nSPS) is 12.4. The third kappa shape index (κ3) is 2.17. The van der Waals surface area contributed by atoms with Crippen LogP contribution in [0, 0.1) is 11.3 Å². The molecule has 1 aliphatic rings. The van der Waals surface area contributed by atoms with Gasteiger partial charge in [0.25, 0.3) is 0 Å². The van der Waals surface area contributed by atoms with Gasteiger partial charge in [-0.3, -0.25) is 0 Å². The van der Waals surface area contributed by atoms with Gasteiger partial charge in [-0.1, -0.05) is 60.7 Å². The first-order valence-electron chi connectivity index (χ1n) is 7.90. The summed E-state index contributed by atoms with van der Waals surface area (Å²) in [4.78, 5) is 24.6. The van der Waals surface area contributed by atoms with Crippen molar-refractivity contribution < 1.29 is 14.3 Å². The average Bonchev–Trinajstić information content (AvgIpc) is 2.97. The van der Waals surface area contributed by atoms with E-state index in [9.17, 15) is 14.9 Å². The highest BCUT2D eigenvalue weighted by Crippen LogP contribution is 2.45. The summed E-state index contributed by atoms with van der Waals surface area (Å²) in [6, 6.07) is 20.4. The van der Waals surface area contributed by atoms with Crippen LogP contribution in [0.25, 0.3) is 22.3 Å². The number of ether oxygens (including phenoxy) is 1. The van der Waals surface area contributed by atoms with E-state index in [1.165, 1.54) is 0 Å². The lowest BCUT2D eigenvalue weighted by Crippen LogP contribution is -2.07. The first-order valence-corrected chi connectivity index (χ1v) is 7.90. The molecular formula is C21H12N2O3. The standard InChI is InChI=1S/C21H12N2O3/c22-11-14-15(12-7-3-1-4-8-12)16(13-9-5-2-6-10-13)17-18(19(14)23)21(25)26-20(17)24/h1-10H,23H2. The van der Waals surface area contributed by atoms with Crippen molar-refractivity contribution in [2.24, 2.45) is 0 Å². The SMILES string of the molecule is N#Cc1c(N)c2c(c(-c3ccccc3)c1-c1ccccc1)C(=O)OC2=O. The molecule has 1 heterocycles. The maximum atomic E-state index is 12.4. The largest absolute Gasteiger partial charge is 0.397 e. The molecule has 3 aromatic rings. The molecule has 0 aromatic heterocycles. The molecule has 0 radical (unpaired) electrons. The number of nitrogens with zero attached hydrogens (tertiary/aromatic N) is 1. The molecule has 0 saturated carbocycles. The second-order valence-corrected chi connectivity index (χ2v) is 5.81. The quantitative estimate of drug-likeness (QED) is 0.435. The van der Waals surface area contributed by atoms with Gasteiger partial charge < -0.3 is 10.5 Å². The van der Waals surface area contributed by atoms with E-state index in [0.717, 1.165) is 5.56 Å². The number of nitrogens with two attached hydrogens (primary N) is 1. The summed E-state index contributed by atoms with van der Waals surface area (Å²) in [5.74, 6) is -1.58. The summed E-state index contributed by atoms with van der Waals surface area (Å²) in [7, 11) is 0. The van der Waals surface area contributed by atoms with Crippen LogP contribution >= 0.6 is 0 Å². The minimum Gasteiger partial charge on any atom is -0.397 e. The molecule has 3 aromatic carbocycles. The van der Waals surface area contributed by atoms with Gasteiger partial charge in [0.15, 0.2) is 0 Å². The molecular weight excluding hydrogens is 328 g/mol. The van der Waals surface area contributed by atoms with Crippen molar-refractivity contribution in [1.29, 1.82) is 5.26 Å². The van der Waals surface area contributed by atoms with E-state index in [-0.39, 0.29) is 22.4 Å². The molecule has 1 aliphatic heterocycles. The molecule has 26 heavy (non-hydrogen) atoms. The molecule has 0 spiro atoms. The van der Waals surface area contributed by atoms with Crippen LogP contribution in [0.1, 0.15) is 26.3 Å². The number of benzene rings is 3. The maximum Gasteiger partial charge on any atom is 0.349 e. The van der Waals surface area contributed by atoms with Crippen molar-refractivity contribution in [2.75, 3.05) is 5.73 Å². The number of rotatable bonds is 2. The lowest BCUT2D eigenvalue weighted by molar-refractivity contribution is 0.0444. The van der Waals surface area contributed by atoms with Gasteiger partial charge >= 0.3 is 11.9 Å². The van der Waals surface area contributed by atoms with Crippen LogP contribution in [-0.2, 0) is 4.74 Å². The van der Waals surface area contributed by atoms with Crippen molar-refractivity contribution in [3.63, 3.8) is 0 Å². The van der Waals surface area contributed by atoms with Crippen LogP contribution in [0.4, 0.5) is 5.69 Å². The van der Waals surface area contributed by atoms with E-state index in [4.69, 9.17) is 10.5 Å². The Bertz CT molecular complexity index is 1100. The van der Waals surface area contributed by atoms with Gasteiger partial charge in [-0.25, -0.2) is 9.59 Å². The number of carbonyl (C=O) groups is 2. The first-order chi connectivity index (χ1) is 12.6. The number of cyclic esters (lactones) is 2. The van der Waals surface area contributed by atoms with Crippen molar-refractivity contribution in [1.82, 2.24) is 0 Å². The molecule has 124 valence electrons. The Hall–Kier alpha value is -3.91. The Labute approximate surface area is 149 Å². The predicted octanol–water partition coefficient (Wildman–Crippen LogP) is 3.79. The zero-order valence-corrected chi connectivity index (χ0v) is 13.5. The van der Waals surface area contributed by atoms with Crippen molar-refractivity contribution >= 4 is 17.6 Å². The van der Waals surface area contributed by atoms with E-state index in [1.807, 2.05) is 60.7 Å². The van der Waals surface area contributed by atoms with E-state index >= 15 is 0 Å². The van der Waals surface area contributed by atoms with E-state index < -0.39 is 11.9 Å². The number of hydrogen-bond donors (Lipinski definition) is 1. The first kappa shape index (κ1) is 15.6. The molecule has 5 heteroatoms. The van der Waals surface area contributed by atoms with Crippen LogP contribution in [-0.4, -0.2) is 11.9 Å². The molecule has 4 rings (SSSR count). The molecule has 0 unspecified atom stereocenters. The van der Waals surface area contributed by atoms with Crippen molar-refractivity contribution in [2.45, 2.75) is 0 Å². The Morgan fingerprint density at radius 1 is 0.731 bits per heavy atom. The topological polar surface area (TPSA) is 93.2 Å². The van der Waals surface area contributed by atoms with Gasteiger partial charge in [0, 0.05) is 11.1 Å². The number of nitrogen functional groups attached to an aromatic ring is 1. The van der Waals surface area contributed by atoms with Crippen LogP contribution in [0.3, 0.4) is 0 Å². The van der Waals surface area contributed by atoms with Crippen LogP contribution in [0.2, 0.25) is 0 Å². The summed E-state index contributed by atoms with van der Waals surface area (Å²) in [6.07, 6.45) is 0. The lowest BCUT2D eigenvalue weighted by atomic mass is 9.84. The third-order valence-electron chi connectivity index (χ3n) is 4.37. The zero-order chi connectivity index (χ0) is 18.3. The number of nitriles is 1. The number of fused-ring (bicyclic) bond motifs is 1. The molecule has 0 fully saturated rings. The summed E-state index contributed by atoms with van der Waals surface area (Å²) in [5, 5.41) is 9.75. The molecule has 0 aliphatic carbocycles.